The van der Waals surface area contributed by atoms with E-state index in [-0.39, 0.29) is 5.91 Å². The predicted molar refractivity (Wildman–Crippen MR) is 70.7 cm³/mol. The number of benzene rings is 1. The SMILES string of the molecule is COc1ncn2c1CN(C)C(=O)c1cc(C)ccc1-2. The topological polar surface area (TPSA) is 47.4 Å². The van der Waals surface area contributed by atoms with Crippen LogP contribution in [0.15, 0.2) is 24.5 Å². The molecule has 1 aromatic heterocycles. The number of fused-ring (bicyclic) bond motifs is 3. The third kappa shape index (κ3) is 1.69. The summed E-state index contributed by atoms with van der Waals surface area (Å²) in [5.74, 6) is 0.581. The highest BCUT2D eigenvalue weighted by Crippen LogP contribution is 2.28. The molecule has 0 saturated carbocycles. The zero-order chi connectivity index (χ0) is 13.6. The van der Waals surface area contributed by atoms with E-state index in [0.29, 0.717) is 18.0 Å². The van der Waals surface area contributed by atoms with Gasteiger partial charge in [-0.3, -0.25) is 9.36 Å². The summed E-state index contributed by atoms with van der Waals surface area (Å²) in [6.07, 6.45) is 1.70. The fourth-order valence-corrected chi connectivity index (χ4v) is 2.41. The first-order chi connectivity index (χ1) is 9.11. The van der Waals surface area contributed by atoms with Crippen molar-refractivity contribution >= 4 is 5.91 Å². The van der Waals surface area contributed by atoms with Crippen LogP contribution in [0.25, 0.3) is 5.69 Å². The molecule has 1 aliphatic rings. The fourth-order valence-electron chi connectivity index (χ4n) is 2.41. The van der Waals surface area contributed by atoms with Gasteiger partial charge in [-0.25, -0.2) is 4.98 Å². The molecule has 0 bridgehead atoms. The Morgan fingerprint density at radius 2 is 2.16 bits per heavy atom. The lowest BCUT2D eigenvalue weighted by Gasteiger charge is -2.14. The summed E-state index contributed by atoms with van der Waals surface area (Å²) in [4.78, 5) is 18.3. The molecule has 0 atom stereocenters. The molecule has 0 radical (unpaired) electrons. The van der Waals surface area contributed by atoms with Gasteiger partial charge in [0.2, 0.25) is 5.88 Å². The molecule has 19 heavy (non-hydrogen) atoms. The summed E-state index contributed by atoms with van der Waals surface area (Å²) in [5, 5.41) is 0. The highest BCUT2D eigenvalue weighted by molar-refractivity contribution is 5.98. The number of carbonyl (C=O) groups is 1. The molecule has 1 aliphatic heterocycles. The van der Waals surface area contributed by atoms with Crippen LogP contribution in [0.4, 0.5) is 0 Å². The van der Waals surface area contributed by atoms with Gasteiger partial charge in [-0.15, -0.1) is 0 Å². The smallest absolute Gasteiger partial charge is 0.256 e. The zero-order valence-electron chi connectivity index (χ0n) is 11.2. The quantitative estimate of drug-likeness (QED) is 0.782. The van der Waals surface area contributed by atoms with E-state index >= 15 is 0 Å². The minimum Gasteiger partial charge on any atom is -0.480 e. The summed E-state index contributed by atoms with van der Waals surface area (Å²) < 4.78 is 7.19. The molecular formula is C14H15N3O2. The van der Waals surface area contributed by atoms with Crippen molar-refractivity contribution in [3.8, 4) is 11.6 Å². The third-order valence-corrected chi connectivity index (χ3v) is 3.40. The lowest BCUT2D eigenvalue weighted by Crippen LogP contribution is -2.25. The van der Waals surface area contributed by atoms with E-state index in [4.69, 9.17) is 4.74 Å². The molecule has 0 fully saturated rings. The summed E-state index contributed by atoms with van der Waals surface area (Å²) in [6, 6.07) is 5.86. The lowest BCUT2D eigenvalue weighted by atomic mass is 10.1. The second-order valence-electron chi connectivity index (χ2n) is 4.75. The van der Waals surface area contributed by atoms with Gasteiger partial charge in [-0.05, 0) is 19.1 Å². The lowest BCUT2D eigenvalue weighted by molar-refractivity contribution is 0.0787. The Kier molecular flexibility index (Phi) is 2.55. The Bertz CT molecular complexity index is 661. The van der Waals surface area contributed by atoms with Crippen LogP contribution in [0.3, 0.4) is 0 Å². The van der Waals surface area contributed by atoms with Crippen molar-refractivity contribution in [2.24, 2.45) is 0 Å². The number of hydrogen-bond acceptors (Lipinski definition) is 3. The number of ether oxygens (including phenoxy) is 1. The van der Waals surface area contributed by atoms with Crippen LogP contribution in [0, 0.1) is 6.92 Å². The normalized spacial score (nSPS) is 13.8. The number of amides is 1. The van der Waals surface area contributed by atoms with Crippen LogP contribution in [-0.4, -0.2) is 34.5 Å². The Morgan fingerprint density at radius 1 is 1.37 bits per heavy atom. The summed E-state index contributed by atoms with van der Waals surface area (Å²) in [7, 11) is 3.38. The van der Waals surface area contributed by atoms with E-state index in [9.17, 15) is 4.79 Å². The van der Waals surface area contributed by atoms with Crippen LogP contribution >= 0.6 is 0 Å². The third-order valence-electron chi connectivity index (χ3n) is 3.40. The molecule has 0 aliphatic carbocycles. The highest BCUT2D eigenvalue weighted by Gasteiger charge is 2.26. The number of hydrogen-bond donors (Lipinski definition) is 0. The molecule has 1 amide bonds. The largest absolute Gasteiger partial charge is 0.480 e. The molecule has 0 N–H and O–H groups in total. The summed E-state index contributed by atoms with van der Waals surface area (Å²) >= 11 is 0. The van der Waals surface area contributed by atoms with E-state index in [0.717, 1.165) is 16.9 Å². The van der Waals surface area contributed by atoms with Gasteiger partial charge in [-0.2, -0.15) is 0 Å². The molecule has 2 aromatic rings. The molecule has 0 spiro atoms. The average molecular weight is 257 g/mol. The van der Waals surface area contributed by atoms with Gasteiger partial charge in [0.1, 0.15) is 12.0 Å². The van der Waals surface area contributed by atoms with E-state index in [2.05, 4.69) is 4.98 Å². The van der Waals surface area contributed by atoms with Crippen molar-refractivity contribution in [2.45, 2.75) is 13.5 Å². The van der Waals surface area contributed by atoms with Crippen LogP contribution < -0.4 is 4.74 Å². The summed E-state index contributed by atoms with van der Waals surface area (Å²) in [5.41, 5.74) is 3.50. The van der Waals surface area contributed by atoms with Crippen molar-refractivity contribution in [1.29, 1.82) is 0 Å². The predicted octanol–water partition coefficient (Wildman–Crippen LogP) is 1.77. The minimum atomic E-state index is 0.0180. The maximum atomic E-state index is 12.4. The van der Waals surface area contributed by atoms with Crippen molar-refractivity contribution < 1.29 is 9.53 Å². The minimum absolute atomic E-state index is 0.0180. The number of aryl methyl sites for hydroxylation is 1. The molecule has 5 nitrogen and oxygen atoms in total. The molecular weight excluding hydrogens is 242 g/mol. The Hall–Kier alpha value is -2.30. The number of nitrogens with zero attached hydrogens (tertiary/aromatic N) is 3. The average Bonchev–Trinajstić information content (AvgIpc) is 2.76. The maximum absolute atomic E-state index is 12.4. The molecule has 0 unspecified atom stereocenters. The van der Waals surface area contributed by atoms with Crippen molar-refractivity contribution in [1.82, 2.24) is 14.5 Å². The van der Waals surface area contributed by atoms with Crippen molar-refractivity contribution in [3.63, 3.8) is 0 Å². The van der Waals surface area contributed by atoms with Gasteiger partial charge in [-0.1, -0.05) is 11.6 Å². The van der Waals surface area contributed by atoms with Crippen LogP contribution in [0.5, 0.6) is 5.88 Å². The van der Waals surface area contributed by atoms with Gasteiger partial charge >= 0.3 is 0 Å². The monoisotopic (exact) mass is 257 g/mol. The van der Waals surface area contributed by atoms with E-state index in [1.165, 1.54) is 0 Å². The highest BCUT2D eigenvalue weighted by atomic mass is 16.5. The molecule has 2 heterocycles. The van der Waals surface area contributed by atoms with Gasteiger partial charge in [0, 0.05) is 7.05 Å². The van der Waals surface area contributed by atoms with E-state index in [1.807, 2.05) is 29.7 Å². The second kappa shape index (κ2) is 4.12. The fraction of sp³-hybridized carbons (Fsp3) is 0.286. The molecule has 98 valence electrons. The summed E-state index contributed by atoms with van der Waals surface area (Å²) in [6.45, 7) is 2.46. The molecule has 1 aromatic carbocycles. The van der Waals surface area contributed by atoms with Crippen molar-refractivity contribution in [2.75, 3.05) is 14.2 Å². The Labute approximate surface area is 111 Å². The molecule has 0 saturated heterocycles. The number of rotatable bonds is 1. The van der Waals surface area contributed by atoms with Gasteiger partial charge in [0.25, 0.3) is 5.91 Å². The van der Waals surface area contributed by atoms with Gasteiger partial charge in [0.05, 0.1) is 24.9 Å². The zero-order valence-corrected chi connectivity index (χ0v) is 11.2. The molecule has 3 rings (SSSR count). The van der Waals surface area contributed by atoms with Gasteiger partial charge < -0.3 is 9.64 Å². The first kappa shape index (κ1) is 11.8. The number of carbonyl (C=O) groups excluding carboxylic acids is 1. The van der Waals surface area contributed by atoms with Crippen LogP contribution in [-0.2, 0) is 6.54 Å². The first-order valence-electron chi connectivity index (χ1n) is 6.08. The Balaban J connectivity index is 2.30. The van der Waals surface area contributed by atoms with Crippen LogP contribution in [0.2, 0.25) is 0 Å². The van der Waals surface area contributed by atoms with E-state index < -0.39 is 0 Å². The second-order valence-corrected chi connectivity index (χ2v) is 4.75. The standard InChI is InChI=1S/C14H15N3O2/c1-9-4-5-11-10(6-9)14(18)16(2)7-12-13(19-3)15-8-17(11)12/h4-6,8H,7H2,1-3H3. The van der Waals surface area contributed by atoms with Crippen LogP contribution in [0.1, 0.15) is 21.6 Å². The number of aromatic nitrogens is 2. The number of methoxy groups -OCH3 is 1. The Morgan fingerprint density at radius 3 is 2.89 bits per heavy atom. The van der Waals surface area contributed by atoms with Crippen molar-refractivity contribution in [3.05, 3.63) is 41.3 Å². The molecule has 5 heteroatoms. The number of imidazole rings is 1. The van der Waals surface area contributed by atoms with E-state index in [1.54, 1.807) is 25.4 Å². The van der Waals surface area contributed by atoms with Gasteiger partial charge in [0.15, 0.2) is 0 Å². The maximum Gasteiger partial charge on any atom is 0.256 e. The first-order valence-corrected chi connectivity index (χ1v) is 6.08.